The van der Waals surface area contributed by atoms with E-state index in [-0.39, 0.29) is 10.7 Å². The first kappa shape index (κ1) is 15.9. The van der Waals surface area contributed by atoms with Crippen LogP contribution in [-0.4, -0.2) is 35.6 Å². The minimum absolute atomic E-state index is 0.220. The first-order valence-electron chi connectivity index (χ1n) is 7.48. The van der Waals surface area contributed by atoms with Crippen molar-refractivity contribution in [3.63, 3.8) is 0 Å². The third-order valence-corrected chi connectivity index (χ3v) is 5.78. The third kappa shape index (κ3) is 3.20. The summed E-state index contributed by atoms with van der Waals surface area (Å²) in [6.07, 6.45) is 5.43. The van der Waals surface area contributed by atoms with Crippen LogP contribution in [0.4, 0.5) is 4.39 Å². The van der Waals surface area contributed by atoms with Crippen molar-refractivity contribution in [2.45, 2.75) is 24.8 Å². The van der Waals surface area contributed by atoms with Gasteiger partial charge in [0, 0.05) is 25.8 Å². The normalized spacial score (nSPS) is 16.3. The van der Waals surface area contributed by atoms with E-state index < -0.39 is 10.0 Å². The summed E-state index contributed by atoms with van der Waals surface area (Å²) >= 11 is 0. The number of aryl methyl sites for hydroxylation is 1. The number of benzene rings is 1. The Labute approximate surface area is 135 Å². The van der Waals surface area contributed by atoms with E-state index in [4.69, 9.17) is 0 Å². The average Bonchev–Trinajstić information content (AvgIpc) is 3.06. The number of nitrogens with zero attached hydrogens (tertiary/aromatic N) is 3. The molecule has 0 unspecified atom stereocenters. The Morgan fingerprint density at radius 2 is 2.00 bits per heavy atom. The molecule has 7 heteroatoms. The van der Waals surface area contributed by atoms with E-state index in [0.29, 0.717) is 26.1 Å². The van der Waals surface area contributed by atoms with Crippen molar-refractivity contribution < 1.29 is 12.8 Å². The van der Waals surface area contributed by atoms with E-state index in [1.807, 2.05) is 13.0 Å². The Balaban J connectivity index is 1.78. The summed E-state index contributed by atoms with van der Waals surface area (Å²) in [4.78, 5) is 0.220. The van der Waals surface area contributed by atoms with Gasteiger partial charge in [-0.25, -0.2) is 12.8 Å². The zero-order valence-corrected chi connectivity index (χ0v) is 13.6. The molecule has 0 fully saturated rings. The second-order valence-corrected chi connectivity index (χ2v) is 7.32. The van der Waals surface area contributed by atoms with Gasteiger partial charge in [0.05, 0.1) is 6.20 Å². The van der Waals surface area contributed by atoms with Crippen LogP contribution in [0.3, 0.4) is 0 Å². The highest BCUT2D eigenvalue weighted by Crippen LogP contribution is 2.26. The minimum atomic E-state index is -3.52. The van der Waals surface area contributed by atoms with E-state index >= 15 is 0 Å². The van der Waals surface area contributed by atoms with Crippen LogP contribution >= 0.6 is 0 Å². The van der Waals surface area contributed by atoms with Crippen molar-refractivity contribution >= 4 is 15.6 Å². The second-order valence-electron chi connectivity index (χ2n) is 5.38. The molecular formula is C16H18FN3O2S. The van der Waals surface area contributed by atoms with Crippen LogP contribution < -0.4 is 0 Å². The fourth-order valence-corrected chi connectivity index (χ4v) is 3.93. The Hall–Kier alpha value is -1.99. The van der Waals surface area contributed by atoms with Crippen molar-refractivity contribution in [1.29, 1.82) is 0 Å². The van der Waals surface area contributed by atoms with Crippen molar-refractivity contribution in [2.75, 3.05) is 13.1 Å². The van der Waals surface area contributed by atoms with E-state index in [0.717, 1.165) is 11.1 Å². The van der Waals surface area contributed by atoms with Gasteiger partial charge in [0.2, 0.25) is 10.0 Å². The molecular weight excluding hydrogens is 317 g/mol. The highest BCUT2D eigenvalue weighted by atomic mass is 32.2. The molecule has 0 amide bonds. The van der Waals surface area contributed by atoms with Gasteiger partial charge in [0.15, 0.2) is 0 Å². The first-order chi connectivity index (χ1) is 11.0. The quantitative estimate of drug-likeness (QED) is 0.863. The molecule has 2 aromatic rings. The van der Waals surface area contributed by atoms with Crippen LogP contribution in [0.15, 0.2) is 47.6 Å². The Morgan fingerprint density at radius 1 is 1.26 bits per heavy atom. The van der Waals surface area contributed by atoms with Gasteiger partial charge in [0.1, 0.15) is 10.7 Å². The fourth-order valence-electron chi connectivity index (χ4n) is 2.59. The van der Waals surface area contributed by atoms with Crippen LogP contribution in [0.5, 0.6) is 0 Å². The van der Waals surface area contributed by atoms with Gasteiger partial charge in [0.25, 0.3) is 0 Å². The molecule has 1 aliphatic heterocycles. The summed E-state index contributed by atoms with van der Waals surface area (Å²) < 4.78 is 41.2. The van der Waals surface area contributed by atoms with Crippen LogP contribution in [0, 0.1) is 5.82 Å². The van der Waals surface area contributed by atoms with Crippen LogP contribution in [0.1, 0.15) is 18.9 Å². The predicted molar refractivity (Wildman–Crippen MR) is 85.7 cm³/mol. The molecule has 1 aliphatic rings. The molecule has 23 heavy (non-hydrogen) atoms. The van der Waals surface area contributed by atoms with Gasteiger partial charge in [-0.15, -0.1) is 0 Å². The lowest BCUT2D eigenvalue weighted by atomic mass is 10.0. The average molecular weight is 335 g/mol. The molecule has 0 N–H and O–H groups in total. The van der Waals surface area contributed by atoms with Gasteiger partial charge in [-0.05, 0) is 36.6 Å². The number of halogens is 1. The maximum Gasteiger partial charge on any atom is 0.246 e. The van der Waals surface area contributed by atoms with E-state index in [1.54, 1.807) is 23.0 Å². The second kappa shape index (κ2) is 6.25. The van der Waals surface area contributed by atoms with Gasteiger partial charge in [-0.2, -0.15) is 9.40 Å². The standard InChI is InChI=1S/C16H18FN3O2S/c1-2-19-12-16(11-18-19)23(21,22)20-9-7-14(8-10-20)13-3-5-15(17)6-4-13/h3-7,11-12H,2,8-10H2,1H3. The predicted octanol–water partition coefficient (Wildman–Crippen LogP) is 2.52. The van der Waals surface area contributed by atoms with E-state index in [9.17, 15) is 12.8 Å². The topological polar surface area (TPSA) is 55.2 Å². The minimum Gasteiger partial charge on any atom is -0.272 e. The lowest BCUT2D eigenvalue weighted by Crippen LogP contribution is -2.34. The van der Waals surface area contributed by atoms with E-state index in [2.05, 4.69) is 5.10 Å². The molecule has 0 radical (unpaired) electrons. The largest absolute Gasteiger partial charge is 0.272 e. The Kier molecular flexibility index (Phi) is 4.32. The smallest absolute Gasteiger partial charge is 0.246 e. The molecule has 0 spiro atoms. The highest BCUT2D eigenvalue weighted by Gasteiger charge is 2.27. The zero-order chi connectivity index (χ0) is 16.4. The molecule has 2 heterocycles. The number of aromatic nitrogens is 2. The lowest BCUT2D eigenvalue weighted by Gasteiger charge is -2.25. The summed E-state index contributed by atoms with van der Waals surface area (Å²) in [7, 11) is -3.52. The molecule has 3 rings (SSSR count). The van der Waals surface area contributed by atoms with Gasteiger partial charge in [-0.1, -0.05) is 18.2 Å². The van der Waals surface area contributed by atoms with Crippen LogP contribution in [-0.2, 0) is 16.6 Å². The van der Waals surface area contributed by atoms with E-state index in [1.165, 1.54) is 22.6 Å². The Bertz CT molecular complexity index is 825. The maximum absolute atomic E-state index is 13.0. The van der Waals surface area contributed by atoms with Gasteiger partial charge < -0.3 is 0 Å². The summed E-state index contributed by atoms with van der Waals surface area (Å²) in [6, 6.07) is 6.27. The molecule has 0 saturated carbocycles. The first-order valence-corrected chi connectivity index (χ1v) is 8.92. The Morgan fingerprint density at radius 3 is 2.57 bits per heavy atom. The summed E-state index contributed by atoms with van der Waals surface area (Å²) in [5.41, 5.74) is 1.97. The van der Waals surface area contributed by atoms with Gasteiger partial charge in [-0.3, -0.25) is 4.68 Å². The maximum atomic E-state index is 13.0. The van der Waals surface area contributed by atoms with Gasteiger partial charge >= 0.3 is 0 Å². The fraction of sp³-hybridized carbons (Fsp3) is 0.312. The summed E-state index contributed by atoms with van der Waals surface area (Å²) in [5.74, 6) is -0.276. The van der Waals surface area contributed by atoms with Crippen molar-refractivity contribution in [3.05, 3.63) is 54.1 Å². The highest BCUT2D eigenvalue weighted by molar-refractivity contribution is 7.89. The number of hydrogen-bond acceptors (Lipinski definition) is 3. The summed E-state index contributed by atoms with van der Waals surface area (Å²) in [6.45, 7) is 3.25. The molecule has 1 aromatic heterocycles. The van der Waals surface area contributed by atoms with Crippen molar-refractivity contribution in [1.82, 2.24) is 14.1 Å². The zero-order valence-electron chi connectivity index (χ0n) is 12.8. The number of hydrogen-bond donors (Lipinski definition) is 0. The molecule has 0 bridgehead atoms. The van der Waals surface area contributed by atoms with Crippen LogP contribution in [0.2, 0.25) is 0 Å². The summed E-state index contributed by atoms with van der Waals surface area (Å²) in [5, 5.41) is 4.03. The molecule has 0 aliphatic carbocycles. The third-order valence-electron chi connectivity index (χ3n) is 3.96. The molecule has 122 valence electrons. The molecule has 0 saturated heterocycles. The van der Waals surface area contributed by atoms with Crippen LogP contribution in [0.25, 0.3) is 5.57 Å². The molecule has 0 atom stereocenters. The molecule has 1 aromatic carbocycles. The molecule has 5 nitrogen and oxygen atoms in total. The SMILES string of the molecule is CCn1cc(S(=O)(=O)N2CC=C(c3ccc(F)cc3)CC2)cn1. The van der Waals surface area contributed by atoms with Crippen molar-refractivity contribution in [2.24, 2.45) is 0 Å². The number of sulfonamides is 1. The lowest BCUT2D eigenvalue weighted by molar-refractivity contribution is 0.441. The van der Waals surface area contributed by atoms with Crippen molar-refractivity contribution in [3.8, 4) is 0 Å². The monoisotopic (exact) mass is 335 g/mol. The number of rotatable bonds is 4.